The summed E-state index contributed by atoms with van der Waals surface area (Å²) in [6.45, 7) is 0. The number of nitrogens with zero attached hydrogens (tertiary/aromatic N) is 1. The van der Waals surface area contributed by atoms with E-state index in [1.165, 1.54) is 24.4 Å². The molecule has 0 aliphatic rings. The topological polar surface area (TPSA) is 78.8 Å². The van der Waals surface area contributed by atoms with Crippen LogP contribution >= 0.6 is 0 Å². The lowest BCUT2D eigenvalue weighted by Gasteiger charge is -1.97. The van der Waals surface area contributed by atoms with Crippen molar-refractivity contribution in [2.75, 3.05) is 0 Å². The molecule has 0 radical (unpaired) electrons. The van der Waals surface area contributed by atoms with Gasteiger partial charge < -0.3 is 16.1 Å². The third kappa shape index (κ3) is 1.61. The van der Waals surface area contributed by atoms with Crippen LogP contribution in [0.1, 0.15) is 5.56 Å². The van der Waals surface area contributed by atoms with Gasteiger partial charge in [0.05, 0.1) is 6.21 Å². The molecule has 4 heteroatoms. The Morgan fingerprint density at radius 2 is 2.09 bits per heavy atom. The van der Waals surface area contributed by atoms with Crippen LogP contribution in [0.4, 0.5) is 0 Å². The fourth-order valence-electron chi connectivity index (χ4n) is 0.726. The van der Waals surface area contributed by atoms with Crippen molar-refractivity contribution in [3.05, 3.63) is 23.8 Å². The lowest BCUT2D eigenvalue weighted by molar-refractivity contribution is 0.459. The summed E-state index contributed by atoms with van der Waals surface area (Å²) in [4.78, 5) is 0. The molecule has 0 bridgehead atoms. The largest absolute Gasteiger partial charge is 0.508 e. The molecule has 1 rings (SSSR count). The van der Waals surface area contributed by atoms with Gasteiger partial charge in [-0.15, -0.1) is 0 Å². The number of hydrazone groups is 1. The van der Waals surface area contributed by atoms with Gasteiger partial charge in [-0.2, -0.15) is 5.10 Å². The maximum absolute atomic E-state index is 9.11. The van der Waals surface area contributed by atoms with Crippen molar-refractivity contribution in [3.8, 4) is 11.5 Å². The first-order chi connectivity index (χ1) is 5.24. The van der Waals surface area contributed by atoms with E-state index in [1.807, 2.05) is 0 Å². The molecule has 0 spiro atoms. The van der Waals surface area contributed by atoms with E-state index in [4.69, 9.17) is 16.1 Å². The molecule has 0 aliphatic carbocycles. The second-order valence-electron chi connectivity index (χ2n) is 2.02. The van der Waals surface area contributed by atoms with Crippen LogP contribution in [-0.2, 0) is 0 Å². The lowest BCUT2D eigenvalue weighted by atomic mass is 10.2. The Bertz CT molecular complexity index is 284. The molecular weight excluding hydrogens is 144 g/mol. The van der Waals surface area contributed by atoms with Gasteiger partial charge in [0.15, 0.2) is 0 Å². The summed E-state index contributed by atoms with van der Waals surface area (Å²) in [7, 11) is 0. The van der Waals surface area contributed by atoms with Gasteiger partial charge in [0.1, 0.15) is 11.5 Å². The Kier molecular flexibility index (Phi) is 1.96. The average molecular weight is 152 g/mol. The van der Waals surface area contributed by atoms with Gasteiger partial charge in [-0.1, -0.05) is 0 Å². The Morgan fingerprint density at radius 1 is 1.36 bits per heavy atom. The fourth-order valence-corrected chi connectivity index (χ4v) is 0.726. The second-order valence-corrected chi connectivity index (χ2v) is 2.02. The molecule has 58 valence electrons. The lowest BCUT2D eigenvalue weighted by Crippen LogP contribution is -1.86. The predicted molar refractivity (Wildman–Crippen MR) is 41.6 cm³/mol. The Balaban J connectivity index is 3.12. The number of hydrogen-bond donors (Lipinski definition) is 3. The van der Waals surface area contributed by atoms with E-state index >= 15 is 0 Å². The van der Waals surface area contributed by atoms with E-state index in [9.17, 15) is 0 Å². The number of rotatable bonds is 1. The third-order valence-electron chi connectivity index (χ3n) is 1.22. The second kappa shape index (κ2) is 2.92. The molecule has 11 heavy (non-hydrogen) atoms. The molecule has 0 unspecified atom stereocenters. The average Bonchev–Trinajstić information content (AvgIpc) is 1.98. The van der Waals surface area contributed by atoms with Crippen LogP contribution in [0.3, 0.4) is 0 Å². The van der Waals surface area contributed by atoms with E-state index in [-0.39, 0.29) is 11.5 Å². The first-order valence-electron chi connectivity index (χ1n) is 2.99. The molecule has 1 aromatic rings. The number of benzene rings is 1. The SMILES string of the molecule is N/N=C/c1cc(O)ccc1O. The normalized spacial score (nSPS) is 10.5. The van der Waals surface area contributed by atoms with Gasteiger partial charge in [-0.05, 0) is 18.2 Å². The van der Waals surface area contributed by atoms with Crippen molar-refractivity contribution in [2.45, 2.75) is 0 Å². The van der Waals surface area contributed by atoms with Crippen LogP contribution in [0.25, 0.3) is 0 Å². The van der Waals surface area contributed by atoms with Gasteiger partial charge >= 0.3 is 0 Å². The Hall–Kier alpha value is -1.71. The number of aromatic hydroxyl groups is 2. The fraction of sp³-hybridized carbons (Fsp3) is 0. The molecule has 0 fully saturated rings. The number of hydrogen-bond acceptors (Lipinski definition) is 4. The van der Waals surface area contributed by atoms with Crippen LogP contribution in [0.2, 0.25) is 0 Å². The molecule has 0 aromatic heterocycles. The molecular formula is C7H8N2O2. The first-order valence-corrected chi connectivity index (χ1v) is 2.99. The Morgan fingerprint density at radius 3 is 2.73 bits per heavy atom. The zero-order chi connectivity index (χ0) is 8.27. The van der Waals surface area contributed by atoms with Gasteiger partial charge in [-0.3, -0.25) is 0 Å². The maximum Gasteiger partial charge on any atom is 0.124 e. The predicted octanol–water partition coefficient (Wildman–Crippen LogP) is 0.390. The first kappa shape index (κ1) is 7.40. The highest BCUT2D eigenvalue weighted by atomic mass is 16.3. The minimum Gasteiger partial charge on any atom is -0.508 e. The van der Waals surface area contributed by atoms with Crippen molar-refractivity contribution in [1.29, 1.82) is 0 Å². The summed E-state index contributed by atoms with van der Waals surface area (Å²) in [5.74, 6) is 4.96. The third-order valence-corrected chi connectivity index (χ3v) is 1.22. The molecule has 0 atom stereocenters. The summed E-state index contributed by atoms with van der Waals surface area (Å²) in [5, 5.41) is 21.3. The highest BCUT2D eigenvalue weighted by Gasteiger charge is 1.97. The van der Waals surface area contributed by atoms with Crippen molar-refractivity contribution in [2.24, 2.45) is 10.9 Å². The molecule has 0 aliphatic heterocycles. The van der Waals surface area contributed by atoms with E-state index in [0.29, 0.717) is 5.56 Å². The van der Waals surface area contributed by atoms with Gasteiger partial charge in [0.25, 0.3) is 0 Å². The molecule has 0 amide bonds. The number of phenolic OH excluding ortho intramolecular Hbond substituents is 2. The summed E-state index contributed by atoms with van der Waals surface area (Å²) in [6.07, 6.45) is 1.26. The maximum atomic E-state index is 9.11. The quantitative estimate of drug-likeness (QED) is 0.236. The summed E-state index contributed by atoms with van der Waals surface area (Å²) < 4.78 is 0. The molecule has 4 nitrogen and oxygen atoms in total. The minimum atomic E-state index is 0.0389. The van der Waals surface area contributed by atoms with E-state index < -0.39 is 0 Å². The summed E-state index contributed by atoms with van der Waals surface area (Å²) in [6, 6.07) is 4.11. The highest BCUT2D eigenvalue weighted by molar-refractivity contribution is 5.83. The zero-order valence-corrected chi connectivity index (χ0v) is 5.73. The molecule has 4 N–H and O–H groups in total. The van der Waals surface area contributed by atoms with Crippen molar-refractivity contribution < 1.29 is 10.2 Å². The highest BCUT2D eigenvalue weighted by Crippen LogP contribution is 2.19. The standard InChI is InChI=1S/C7H8N2O2/c8-9-4-5-3-6(10)1-2-7(5)11/h1-4,10-11H,8H2/b9-4+. The zero-order valence-electron chi connectivity index (χ0n) is 5.73. The van der Waals surface area contributed by atoms with Crippen molar-refractivity contribution >= 4 is 6.21 Å². The Labute approximate surface area is 63.6 Å². The summed E-state index contributed by atoms with van der Waals surface area (Å²) in [5.41, 5.74) is 0.396. The molecule has 0 heterocycles. The van der Waals surface area contributed by atoms with E-state index in [2.05, 4.69) is 5.10 Å². The van der Waals surface area contributed by atoms with Crippen LogP contribution < -0.4 is 5.84 Å². The summed E-state index contributed by atoms with van der Waals surface area (Å²) >= 11 is 0. The molecule has 1 aromatic carbocycles. The number of nitrogens with two attached hydrogens (primary N) is 1. The van der Waals surface area contributed by atoms with Gasteiger partial charge in [0, 0.05) is 5.56 Å². The van der Waals surface area contributed by atoms with E-state index in [1.54, 1.807) is 0 Å². The molecule has 0 saturated carbocycles. The smallest absolute Gasteiger partial charge is 0.124 e. The van der Waals surface area contributed by atoms with E-state index in [0.717, 1.165) is 0 Å². The van der Waals surface area contributed by atoms with Crippen molar-refractivity contribution in [1.82, 2.24) is 0 Å². The van der Waals surface area contributed by atoms with Crippen LogP contribution in [0.15, 0.2) is 23.3 Å². The van der Waals surface area contributed by atoms with Gasteiger partial charge in [-0.25, -0.2) is 0 Å². The molecule has 0 saturated heterocycles. The number of phenols is 2. The monoisotopic (exact) mass is 152 g/mol. The minimum absolute atomic E-state index is 0.0389. The van der Waals surface area contributed by atoms with Crippen LogP contribution in [0.5, 0.6) is 11.5 Å². The van der Waals surface area contributed by atoms with Crippen LogP contribution in [-0.4, -0.2) is 16.4 Å². The van der Waals surface area contributed by atoms with Crippen molar-refractivity contribution in [3.63, 3.8) is 0 Å². The van der Waals surface area contributed by atoms with Crippen LogP contribution in [0, 0.1) is 0 Å². The van der Waals surface area contributed by atoms with Gasteiger partial charge in [0.2, 0.25) is 0 Å².